The smallest absolute Gasteiger partial charge is 0.260 e. The second kappa shape index (κ2) is 7.25. The Hall–Kier alpha value is -2.24. The third-order valence-electron chi connectivity index (χ3n) is 2.40. The number of guanidine groups is 1. The molecule has 0 N–H and O–H groups in total. The van der Waals surface area contributed by atoms with Gasteiger partial charge in [0.15, 0.2) is 0 Å². The fraction of sp³-hybridized carbons (Fsp3) is 0.385. The lowest BCUT2D eigenvalue weighted by atomic mass is 10.3. The van der Waals surface area contributed by atoms with Crippen LogP contribution in [0.25, 0.3) is 0 Å². The molecule has 19 heavy (non-hydrogen) atoms. The van der Waals surface area contributed by atoms with Gasteiger partial charge in [0.2, 0.25) is 0 Å². The molecule has 0 aliphatic rings. The van der Waals surface area contributed by atoms with Crippen molar-refractivity contribution in [3.05, 3.63) is 24.3 Å². The molecule has 0 bridgehead atoms. The van der Waals surface area contributed by atoms with Gasteiger partial charge in [-0.3, -0.25) is 4.99 Å². The van der Waals surface area contributed by atoms with Gasteiger partial charge in [-0.25, -0.2) is 5.01 Å². The Kier molecular flexibility index (Phi) is 5.66. The van der Waals surface area contributed by atoms with Gasteiger partial charge in [-0.2, -0.15) is 5.10 Å². The molecular formula is C13H20N6. The van der Waals surface area contributed by atoms with E-state index in [2.05, 4.69) is 20.3 Å². The van der Waals surface area contributed by atoms with Crippen molar-refractivity contribution in [2.75, 3.05) is 33.1 Å². The molecule has 1 aromatic rings. The number of hydrazone groups is 1. The quantitative estimate of drug-likeness (QED) is 0.363. The van der Waals surface area contributed by atoms with Crippen LogP contribution in [0.5, 0.6) is 0 Å². The Bertz CT molecular complexity index is 472. The van der Waals surface area contributed by atoms with E-state index < -0.39 is 0 Å². The monoisotopic (exact) mass is 260 g/mol. The lowest BCUT2D eigenvalue weighted by Crippen LogP contribution is -2.18. The fourth-order valence-corrected chi connectivity index (χ4v) is 1.40. The van der Waals surface area contributed by atoms with Crippen LogP contribution in [0.2, 0.25) is 0 Å². The first-order valence-electron chi connectivity index (χ1n) is 5.96. The highest BCUT2D eigenvalue weighted by Gasteiger charge is 2.01. The highest BCUT2D eigenvalue weighted by Crippen LogP contribution is 2.18. The number of azo groups is 1. The first-order chi connectivity index (χ1) is 9.08. The van der Waals surface area contributed by atoms with E-state index in [1.54, 1.807) is 25.3 Å². The Morgan fingerprint density at radius 3 is 2.21 bits per heavy atom. The molecule has 0 amide bonds. The highest BCUT2D eigenvalue weighted by molar-refractivity contribution is 5.80. The molecule has 0 saturated heterocycles. The summed E-state index contributed by atoms with van der Waals surface area (Å²) in [5.74, 6) is 0.454. The maximum atomic E-state index is 4.14. The average molecular weight is 260 g/mol. The lowest BCUT2D eigenvalue weighted by molar-refractivity contribution is 0.536. The van der Waals surface area contributed by atoms with Crippen molar-refractivity contribution >= 4 is 23.5 Å². The summed E-state index contributed by atoms with van der Waals surface area (Å²) in [6.45, 7) is 1.83. The fourth-order valence-electron chi connectivity index (χ4n) is 1.40. The van der Waals surface area contributed by atoms with Crippen molar-refractivity contribution in [1.29, 1.82) is 0 Å². The third-order valence-corrected chi connectivity index (χ3v) is 2.40. The van der Waals surface area contributed by atoms with Crippen LogP contribution in [0.1, 0.15) is 6.92 Å². The molecule has 6 nitrogen and oxygen atoms in total. The predicted molar refractivity (Wildman–Crippen MR) is 80.6 cm³/mol. The summed E-state index contributed by atoms with van der Waals surface area (Å²) in [5.41, 5.74) is 1.90. The van der Waals surface area contributed by atoms with Crippen molar-refractivity contribution in [1.82, 2.24) is 5.01 Å². The Labute approximate surface area is 114 Å². The van der Waals surface area contributed by atoms with Crippen molar-refractivity contribution in [2.45, 2.75) is 6.92 Å². The van der Waals surface area contributed by atoms with Gasteiger partial charge in [-0.05, 0) is 31.2 Å². The van der Waals surface area contributed by atoms with Crippen molar-refractivity contribution in [3.63, 3.8) is 0 Å². The van der Waals surface area contributed by atoms with Gasteiger partial charge in [0, 0.05) is 40.1 Å². The largest absolute Gasteiger partial charge is 0.378 e. The van der Waals surface area contributed by atoms with Crippen LogP contribution in [0.15, 0.2) is 44.6 Å². The van der Waals surface area contributed by atoms with E-state index in [4.69, 9.17) is 0 Å². The maximum Gasteiger partial charge on any atom is 0.260 e. The summed E-state index contributed by atoms with van der Waals surface area (Å²) < 4.78 is 0. The normalized spacial score (nSPS) is 12.4. The SMILES string of the molecule is C/C=N\N(C)C(=N/C)/N=N/c1ccc(N(C)C)cc1. The number of benzene rings is 1. The average Bonchev–Trinajstić information content (AvgIpc) is 2.40. The molecule has 6 heteroatoms. The Morgan fingerprint density at radius 2 is 1.74 bits per heavy atom. The third kappa shape index (κ3) is 4.50. The number of anilines is 1. The van der Waals surface area contributed by atoms with Crippen LogP contribution >= 0.6 is 0 Å². The molecule has 0 spiro atoms. The standard InChI is InChI=1S/C13H20N6/c1-6-15-19(5)13(14-2)17-16-11-7-9-12(10-8-11)18(3)4/h6-10H,1-5H3/b14-13+,15-6-,17-16+. The van der Waals surface area contributed by atoms with Crippen LogP contribution in [-0.4, -0.2) is 45.4 Å². The Morgan fingerprint density at radius 1 is 1.11 bits per heavy atom. The summed E-state index contributed by atoms with van der Waals surface area (Å²) in [6.07, 6.45) is 1.67. The molecule has 1 rings (SSSR count). The van der Waals surface area contributed by atoms with E-state index in [1.165, 1.54) is 0 Å². The minimum Gasteiger partial charge on any atom is -0.378 e. The Balaban J connectivity index is 2.80. The summed E-state index contributed by atoms with van der Waals surface area (Å²) in [7, 11) is 7.42. The zero-order chi connectivity index (χ0) is 14.3. The van der Waals surface area contributed by atoms with E-state index >= 15 is 0 Å². The first kappa shape index (κ1) is 14.8. The van der Waals surface area contributed by atoms with Crippen molar-refractivity contribution in [2.24, 2.45) is 20.3 Å². The molecular weight excluding hydrogens is 240 g/mol. The van der Waals surface area contributed by atoms with E-state index in [0.717, 1.165) is 11.4 Å². The molecule has 0 aliphatic carbocycles. The van der Waals surface area contributed by atoms with Crippen LogP contribution in [0.3, 0.4) is 0 Å². The van der Waals surface area contributed by atoms with Gasteiger partial charge < -0.3 is 4.90 Å². The molecule has 0 aromatic heterocycles. The predicted octanol–water partition coefficient (Wildman–Crippen LogP) is 2.76. The van der Waals surface area contributed by atoms with Crippen LogP contribution in [0, 0.1) is 0 Å². The number of nitrogens with zero attached hydrogens (tertiary/aromatic N) is 6. The van der Waals surface area contributed by atoms with Crippen LogP contribution in [0.4, 0.5) is 11.4 Å². The van der Waals surface area contributed by atoms with Gasteiger partial charge in [-0.15, -0.1) is 10.2 Å². The minimum atomic E-state index is 0.454. The highest BCUT2D eigenvalue weighted by atomic mass is 15.5. The molecule has 0 fully saturated rings. The molecule has 0 saturated carbocycles. The molecule has 0 radical (unpaired) electrons. The minimum absolute atomic E-state index is 0.454. The van der Waals surface area contributed by atoms with Gasteiger partial charge >= 0.3 is 0 Å². The van der Waals surface area contributed by atoms with Crippen LogP contribution in [-0.2, 0) is 0 Å². The molecule has 0 unspecified atom stereocenters. The van der Waals surface area contributed by atoms with Crippen molar-refractivity contribution < 1.29 is 0 Å². The maximum absolute atomic E-state index is 4.14. The first-order valence-corrected chi connectivity index (χ1v) is 5.96. The van der Waals surface area contributed by atoms with Gasteiger partial charge in [-0.1, -0.05) is 0 Å². The molecule has 102 valence electrons. The molecule has 0 aliphatic heterocycles. The molecule has 1 aromatic carbocycles. The van der Waals surface area contributed by atoms with E-state index in [9.17, 15) is 0 Å². The van der Waals surface area contributed by atoms with Crippen LogP contribution < -0.4 is 4.90 Å². The lowest BCUT2D eigenvalue weighted by Gasteiger charge is -2.11. The second-order valence-corrected chi connectivity index (χ2v) is 4.03. The summed E-state index contributed by atoms with van der Waals surface area (Å²) >= 11 is 0. The van der Waals surface area contributed by atoms with Crippen molar-refractivity contribution in [3.8, 4) is 0 Å². The number of hydrogen-bond acceptors (Lipinski definition) is 4. The summed E-state index contributed by atoms with van der Waals surface area (Å²) in [4.78, 5) is 6.06. The van der Waals surface area contributed by atoms with E-state index in [0.29, 0.717) is 5.96 Å². The molecule has 0 atom stereocenters. The van der Waals surface area contributed by atoms with Gasteiger partial charge in [0.25, 0.3) is 5.96 Å². The number of rotatable bonds is 3. The second-order valence-electron chi connectivity index (χ2n) is 4.03. The zero-order valence-corrected chi connectivity index (χ0v) is 12.1. The number of aliphatic imine (C=N–C) groups is 1. The van der Waals surface area contributed by atoms with Gasteiger partial charge in [0.1, 0.15) is 0 Å². The summed E-state index contributed by atoms with van der Waals surface area (Å²) in [6, 6.07) is 7.81. The number of hydrogen-bond donors (Lipinski definition) is 0. The van der Waals surface area contributed by atoms with Gasteiger partial charge in [0.05, 0.1) is 5.69 Å². The van der Waals surface area contributed by atoms with E-state index in [-0.39, 0.29) is 0 Å². The summed E-state index contributed by atoms with van der Waals surface area (Å²) in [5, 5.41) is 13.8. The topological polar surface area (TPSA) is 55.9 Å². The van der Waals surface area contributed by atoms with E-state index in [1.807, 2.05) is 50.2 Å². The molecule has 0 heterocycles. The zero-order valence-electron chi connectivity index (χ0n) is 12.1.